The van der Waals surface area contributed by atoms with Gasteiger partial charge >= 0.3 is 0 Å². The summed E-state index contributed by atoms with van der Waals surface area (Å²) in [6.45, 7) is 2.06. The fourth-order valence-corrected chi connectivity index (χ4v) is 4.86. The normalized spacial score (nSPS) is 10.7. The number of halogens is 3. The first-order valence-electron chi connectivity index (χ1n) is 12.0. The molecule has 1 heterocycles. The maximum Gasteiger partial charge on any atom is 0.203 e. The van der Waals surface area contributed by atoms with Gasteiger partial charge in [0.15, 0.2) is 0 Å². The van der Waals surface area contributed by atoms with Crippen molar-refractivity contribution in [2.45, 2.75) is 24.8 Å². The average Bonchev–Trinajstić information content (AvgIpc) is 3.19. The Hall–Kier alpha value is -2.61. The van der Waals surface area contributed by atoms with Crippen LogP contribution in [0, 0.1) is 5.41 Å². The number of alkyl halides is 1. The summed E-state index contributed by atoms with van der Waals surface area (Å²) in [5.74, 6) is 0.885. The Kier molecular flexibility index (Phi) is 10.2. The summed E-state index contributed by atoms with van der Waals surface area (Å²) < 4.78 is 12.1. The van der Waals surface area contributed by atoms with E-state index in [4.69, 9.17) is 10.1 Å². The molecule has 0 fully saturated rings. The monoisotopic (exact) mass is 683 g/mol. The Labute approximate surface area is 242 Å². The highest BCUT2D eigenvalue weighted by Crippen LogP contribution is 2.17. The van der Waals surface area contributed by atoms with E-state index in [0.717, 1.165) is 44.0 Å². The fraction of sp³-hybridized carbons (Fsp3) is 0.167. The number of para-hydroxylation sites is 3. The van der Waals surface area contributed by atoms with E-state index in [1.54, 1.807) is 0 Å². The molecule has 0 atom stereocenters. The molecule has 190 valence electrons. The summed E-state index contributed by atoms with van der Waals surface area (Å²) in [4.78, 5) is 0. The zero-order valence-electron chi connectivity index (χ0n) is 20.3. The average molecular weight is 686 g/mol. The molecule has 0 radical (unpaired) electrons. The minimum atomic E-state index is 0.517. The fourth-order valence-electron chi connectivity index (χ4n) is 3.96. The van der Waals surface area contributed by atoms with Crippen LogP contribution in [0.2, 0.25) is 0 Å². The molecule has 4 nitrogen and oxygen atoms in total. The Morgan fingerprint density at radius 3 is 1.78 bits per heavy atom. The topological polar surface area (TPSA) is 42.9 Å². The van der Waals surface area contributed by atoms with Crippen LogP contribution in [0.1, 0.15) is 17.5 Å². The van der Waals surface area contributed by atoms with E-state index in [-0.39, 0.29) is 0 Å². The van der Waals surface area contributed by atoms with Crippen LogP contribution in [-0.4, -0.2) is 15.7 Å². The molecule has 7 heteroatoms. The van der Waals surface area contributed by atoms with Crippen LogP contribution in [0.5, 0.6) is 5.75 Å². The van der Waals surface area contributed by atoms with Crippen LogP contribution in [0.25, 0.3) is 11.0 Å². The number of imidazole rings is 1. The van der Waals surface area contributed by atoms with Crippen LogP contribution in [0.4, 0.5) is 0 Å². The molecule has 4 aromatic carbocycles. The van der Waals surface area contributed by atoms with E-state index in [9.17, 15) is 0 Å². The van der Waals surface area contributed by atoms with E-state index < -0.39 is 0 Å². The van der Waals surface area contributed by atoms with Crippen LogP contribution in [-0.2, 0) is 18.4 Å². The van der Waals surface area contributed by atoms with Gasteiger partial charge in [-0.15, -0.1) is 0 Å². The summed E-state index contributed by atoms with van der Waals surface area (Å²) in [5.41, 5.74) is 5.17. The van der Waals surface area contributed by atoms with Gasteiger partial charge in [-0.25, -0.2) is 0 Å². The summed E-state index contributed by atoms with van der Waals surface area (Å²) in [7, 11) is 0. The summed E-state index contributed by atoms with van der Waals surface area (Å²) >= 11 is 10.2. The number of hydrogen-bond acceptors (Lipinski definition) is 2. The minimum Gasteiger partial charge on any atom is -0.494 e. The number of ether oxygens (including phenoxy) is 1. The highest BCUT2D eigenvalue weighted by molar-refractivity contribution is 9.10. The van der Waals surface area contributed by atoms with Crippen molar-refractivity contribution in [3.05, 3.63) is 129 Å². The number of benzene rings is 4. The summed E-state index contributed by atoms with van der Waals surface area (Å²) in [5, 5.41) is 9.67. The van der Waals surface area contributed by atoms with E-state index in [2.05, 4.69) is 93.3 Å². The number of fused-ring (bicyclic) bond motifs is 1. The predicted octanol–water partition coefficient (Wildman–Crippen LogP) is 8.55. The highest BCUT2D eigenvalue weighted by Gasteiger charge is 2.11. The molecule has 0 bridgehead atoms. The molecule has 0 aliphatic heterocycles. The Morgan fingerprint density at radius 1 is 0.649 bits per heavy atom. The molecule has 0 saturated carbocycles. The van der Waals surface area contributed by atoms with Crippen LogP contribution >= 0.6 is 47.8 Å². The SMILES string of the molecule is BrCc1ccc(Br)cc1.N=c1n(CCCOc2ccccc2)c2ccccc2n1Cc1ccc(Br)cc1. The molecule has 37 heavy (non-hydrogen) atoms. The third-order valence-corrected chi connectivity index (χ3v) is 7.54. The Morgan fingerprint density at radius 2 is 1.19 bits per heavy atom. The number of rotatable bonds is 8. The van der Waals surface area contributed by atoms with E-state index in [1.165, 1.54) is 11.1 Å². The van der Waals surface area contributed by atoms with E-state index in [1.807, 2.05) is 66.7 Å². The van der Waals surface area contributed by atoms with Crippen molar-refractivity contribution in [1.82, 2.24) is 9.13 Å². The number of hydrogen-bond donors (Lipinski definition) is 1. The quantitative estimate of drug-likeness (QED) is 0.129. The summed E-state index contributed by atoms with van der Waals surface area (Å²) in [6.07, 6.45) is 0.845. The zero-order valence-corrected chi connectivity index (χ0v) is 25.0. The first-order chi connectivity index (χ1) is 18.0. The first kappa shape index (κ1) is 27.4. The predicted molar refractivity (Wildman–Crippen MR) is 162 cm³/mol. The molecule has 0 spiro atoms. The lowest BCUT2D eigenvalue weighted by atomic mass is 10.2. The van der Waals surface area contributed by atoms with E-state index in [0.29, 0.717) is 18.8 Å². The van der Waals surface area contributed by atoms with Crippen molar-refractivity contribution in [2.75, 3.05) is 6.61 Å². The van der Waals surface area contributed by atoms with Gasteiger partial charge in [-0.3, -0.25) is 5.41 Å². The van der Waals surface area contributed by atoms with E-state index >= 15 is 0 Å². The molecular weight excluding hydrogens is 658 g/mol. The molecule has 0 saturated heterocycles. The van der Waals surface area contributed by atoms with Gasteiger partial charge in [-0.05, 0) is 66.1 Å². The maximum absolute atomic E-state index is 8.74. The van der Waals surface area contributed by atoms with Crippen LogP contribution in [0.15, 0.2) is 112 Å². The Balaban J connectivity index is 0.000000301. The lowest BCUT2D eigenvalue weighted by Gasteiger charge is -2.07. The standard InChI is InChI=1S/C23H22BrN3O.C7H6Br2/c24-19-13-11-18(12-14-19)17-27-22-10-5-4-9-21(22)26(23(27)25)15-6-16-28-20-7-2-1-3-8-20;8-5-6-1-3-7(9)4-2-6/h1-5,7-14,25H,6,15-17H2;1-4H,5H2. The third-order valence-electron chi connectivity index (χ3n) is 5.83. The molecule has 0 unspecified atom stereocenters. The number of aryl methyl sites for hydroxylation is 1. The molecule has 1 N–H and O–H groups in total. The second-order valence-electron chi connectivity index (χ2n) is 8.45. The second-order valence-corrected chi connectivity index (χ2v) is 10.8. The lowest BCUT2D eigenvalue weighted by Crippen LogP contribution is -2.25. The van der Waals surface area contributed by atoms with Gasteiger partial charge < -0.3 is 13.9 Å². The van der Waals surface area contributed by atoms with Gasteiger partial charge in [0, 0.05) is 20.8 Å². The van der Waals surface area contributed by atoms with Gasteiger partial charge in [0.05, 0.1) is 24.2 Å². The smallest absolute Gasteiger partial charge is 0.203 e. The van der Waals surface area contributed by atoms with Crippen molar-refractivity contribution in [3.63, 3.8) is 0 Å². The summed E-state index contributed by atoms with van der Waals surface area (Å²) in [6, 6.07) is 34.6. The number of nitrogens with one attached hydrogen (secondary N) is 1. The van der Waals surface area contributed by atoms with Gasteiger partial charge in [0.1, 0.15) is 5.75 Å². The first-order valence-corrected chi connectivity index (χ1v) is 14.7. The lowest BCUT2D eigenvalue weighted by molar-refractivity contribution is 0.301. The Bertz CT molecular complexity index is 1460. The minimum absolute atomic E-state index is 0.517. The van der Waals surface area contributed by atoms with Crippen LogP contribution < -0.4 is 10.4 Å². The number of aromatic nitrogens is 2. The van der Waals surface area contributed by atoms with Gasteiger partial charge in [0.2, 0.25) is 5.62 Å². The molecule has 0 aliphatic carbocycles. The maximum atomic E-state index is 8.74. The van der Waals surface area contributed by atoms with Crippen molar-refractivity contribution in [2.24, 2.45) is 0 Å². The molecule has 1 aromatic heterocycles. The molecule has 0 amide bonds. The van der Waals surface area contributed by atoms with Gasteiger partial charge in [-0.1, -0.05) is 102 Å². The molecular formula is C30H28Br3N3O. The van der Waals surface area contributed by atoms with Gasteiger partial charge in [-0.2, -0.15) is 0 Å². The van der Waals surface area contributed by atoms with Crippen molar-refractivity contribution in [3.8, 4) is 5.75 Å². The van der Waals surface area contributed by atoms with Crippen molar-refractivity contribution >= 4 is 58.8 Å². The van der Waals surface area contributed by atoms with Gasteiger partial charge in [0.25, 0.3) is 0 Å². The van der Waals surface area contributed by atoms with Crippen molar-refractivity contribution in [1.29, 1.82) is 5.41 Å². The largest absolute Gasteiger partial charge is 0.494 e. The van der Waals surface area contributed by atoms with Crippen molar-refractivity contribution < 1.29 is 4.74 Å². The third kappa shape index (κ3) is 7.69. The molecule has 5 aromatic rings. The zero-order chi connectivity index (χ0) is 26.0. The molecule has 0 aliphatic rings. The van der Waals surface area contributed by atoms with Crippen LogP contribution in [0.3, 0.4) is 0 Å². The highest BCUT2D eigenvalue weighted by atomic mass is 79.9. The second kappa shape index (κ2) is 13.8. The number of nitrogens with zero attached hydrogens (tertiary/aromatic N) is 2. The molecule has 5 rings (SSSR count).